The molecule has 0 radical (unpaired) electrons. The molecule has 0 spiro atoms. The molecule has 0 atom stereocenters. The average Bonchev–Trinajstić information content (AvgIpc) is 3.36. The normalized spacial score (nSPS) is 13.6. The number of benzene rings is 3. The highest BCUT2D eigenvalue weighted by Gasteiger charge is 2.23. The number of anilines is 2. The highest BCUT2D eigenvalue weighted by molar-refractivity contribution is 5.99. The molecule has 5 rings (SSSR count). The van der Waals surface area contributed by atoms with E-state index >= 15 is 0 Å². The van der Waals surface area contributed by atoms with Crippen molar-refractivity contribution in [3.8, 4) is 5.75 Å². The first-order chi connectivity index (χ1) is 20.1. The summed E-state index contributed by atoms with van der Waals surface area (Å²) in [5, 5.41) is 15.9. The van der Waals surface area contributed by atoms with Gasteiger partial charge in [0.15, 0.2) is 0 Å². The Kier molecular flexibility index (Phi) is 9.69. The summed E-state index contributed by atoms with van der Waals surface area (Å²) in [4.78, 5) is 18.2. The minimum absolute atomic E-state index is 0.326. The van der Waals surface area contributed by atoms with Crippen molar-refractivity contribution in [2.45, 2.75) is 38.5 Å². The zero-order valence-corrected chi connectivity index (χ0v) is 23.8. The van der Waals surface area contributed by atoms with Gasteiger partial charge in [0.25, 0.3) is 0 Å². The Morgan fingerprint density at radius 3 is 1.98 bits per heavy atom. The number of nitrogens with zero attached hydrogens (tertiary/aromatic N) is 5. The molecule has 3 aromatic carbocycles. The Balaban J connectivity index is 1.06. The SMILES string of the molecule is COCCCCCCCCOc1ccc(N2CCN(c3ccc(C(=O)n4n[n+]([O-])c5ccccc54)cc3)CC2)cc1. The van der Waals surface area contributed by atoms with Gasteiger partial charge in [-0.3, -0.25) is 0 Å². The van der Waals surface area contributed by atoms with Gasteiger partial charge in [0.1, 0.15) is 11.0 Å². The van der Waals surface area contributed by atoms with Crippen LogP contribution in [0.1, 0.15) is 48.9 Å². The van der Waals surface area contributed by atoms with Crippen molar-refractivity contribution < 1.29 is 19.1 Å². The van der Waals surface area contributed by atoms with Crippen molar-refractivity contribution >= 4 is 28.3 Å². The number of rotatable bonds is 13. The van der Waals surface area contributed by atoms with Crippen LogP contribution in [0.3, 0.4) is 0 Å². The van der Waals surface area contributed by atoms with Gasteiger partial charge in [-0.1, -0.05) is 42.5 Å². The van der Waals surface area contributed by atoms with Crippen LogP contribution >= 0.6 is 0 Å². The molecule has 0 N–H and O–H groups in total. The third-order valence-electron chi connectivity index (χ3n) is 7.65. The number of fused-ring (bicyclic) bond motifs is 1. The van der Waals surface area contributed by atoms with Gasteiger partial charge in [-0.2, -0.15) is 0 Å². The molecule has 0 amide bonds. The summed E-state index contributed by atoms with van der Waals surface area (Å²) in [5.41, 5.74) is 3.63. The van der Waals surface area contributed by atoms with Gasteiger partial charge < -0.3 is 24.5 Å². The summed E-state index contributed by atoms with van der Waals surface area (Å²) in [5.74, 6) is 0.601. The summed E-state index contributed by atoms with van der Waals surface area (Å²) in [6, 6.07) is 22.9. The van der Waals surface area contributed by atoms with E-state index in [4.69, 9.17) is 9.47 Å². The maximum absolute atomic E-state index is 13.0. The smallest absolute Gasteiger partial charge is 0.366 e. The van der Waals surface area contributed by atoms with Gasteiger partial charge >= 0.3 is 5.91 Å². The van der Waals surface area contributed by atoms with Crippen LogP contribution in [0.5, 0.6) is 5.75 Å². The Morgan fingerprint density at radius 1 is 0.780 bits per heavy atom. The molecule has 1 aliphatic rings. The van der Waals surface area contributed by atoms with Crippen molar-refractivity contribution in [2.75, 3.05) is 56.3 Å². The van der Waals surface area contributed by atoms with Crippen LogP contribution in [0.15, 0.2) is 72.8 Å². The van der Waals surface area contributed by atoms with Crippen molar-refractivity contribution in [1.29, 1.82) is 0 Å². The molecule has 1 aromatic heterocycles. The van der Waals surface area contributed by atoms with Gasteiger partial charge in [-0.15, -0.1) is 4.85 Å². The molecule has 4 aromatic rings. The quantitative estimate of drug-likeness (QED) is 0.129. The molecule has 0 bridgehead atoms. The molecule has 41 heavy (non-hydrogen) atoms. The standard InChI is InChI=1S/C32H39N5O4/c1-40-24-8-4-2-3-5-9-25-41-29-18-16-28(17-19-29)35-22-20-34(21-23-35)27-14-12-26(13-15-27)32(38)36-30-10-6-7-11-31(30)37(39)33-36/h6-7,10-19H,2-5,8-9,20-25H2,1H3. The van der Waals surface area contributed by atoms with E-state index in [1.165, 1.54) is 36.1 Å². The summed E-state index contributed by atoms with van der Waals surface area (Å²) >= 11 is 0. The highest BCUT2D eigenvalue weighted by atomic mass is 16.5. The van der Waals surface area contributed by atoms with Crippen LogP contribution in [0.4, 0.5) is 11.4 Å². The van der Waals surface area contributed by atoms with E-state index in [1.807, 2.05) is 12.1 Å². The largest absolute Gasteiger partial charge is 0.691 e. The Labute approximate surface area is 241 Å². The average molecular weight is 558 g/mol. The Hall–Kier alpha value is -4.11. The number of methoxy groups -OCH3 is 1. The first-order valence-electron chi connectivity index (χ1n) is 14.6. The van der Waals surface area contributed by atoms with Crippen LogP contribution in [-0.2, 0) is 4.74 Å². The van der Waals surface area contributed by atoms with E-state index < -0.39 is 0 Å². The molecule has 2 heterocycles. The molecule has 216 valence electrons. The predicted octanol–water partition coefficient (Wildman–Crippen LogP) is 5.05. The maximum Gasteiger partial charge on any atom is 0.366 e. The number of aromatic nitrogens is 3. The lowest BCUT2D eigenvalue weighted by Crippen LogP contribution is -2.46. The monoisotopic (exact) mass is 557 g/mol. The summed E-state index contributed by atoms with van der Waals surface area (Å²) < 4.78 is 12.2. The third kappa shape index (κ3) is 7.16. The first kappa shape index (κ1) is 28.4. The molecule has 0 unspecified atom stereocenters. The number of para-hydroxylation sites is 2. The molecule has 1 aliphatic heterocycles. The Bertz CT molecular complexity index is 1400. The van der Waals surface area contributed by atoms with E-state index in [9.17, 15) is 10.0 Å². The van der Waals surface area contributed by atoms with Gasteiger partial charge in [-0.05, 0) is 73.5 Å². The second-order valence-corrected chi connectivity index (χ2v) is 10.4. The second-order valence-electron chi connectivity index (χ2n) is 10.4. The van der Waals surface area contributed by atoms with E-state index in [0.29, 0.717) is 21.4 Å². The van der Waals surface area contributed by atoms with Crippen LogP contribution in [0.25, 0.3) is 11.0 Å². The lowest BCUT2D eigenvalue weighted by molar-refractivity contribution is -0.645. The van der Waals surface area contributed by atoms with Crippen LogP contribution in [0, 0.1) is 5.21 Å². The van der Waals surface area contributed by atoms with E-state index in [-0.39, 0.29) is 5.91 Å². The van der Waals surface area contributed by atoms with Crippen molar-refractivity contribution in [1.82, 2.24) is 9.90 Å². The number of piperazine rings is 1. The van der Waals surface area contributed by atoms with E-state index in [0.717, 1.165) is 63.7 Å². The first-order valence-corrected chi connectivity index (χ1v) is 14.6. The van der Waals surface area contributed by atoms with Gasteiger partial charge in [-0.25, -0.2) is 4.79 Å². The number of carbonyl (C=O) groups is 1. The minimum atomic E-state index is -0.326. The molecule has 1 saturated heterocycles. The molecule has 1 fully saturated rings. The number of unbranched alkanes of at least 4 members (excludes halogenated alkanes) is 5. The number of hydrogen-bond acceptors (Lipinski definition) is 7. The molecular formula is C32H39N5O4. The maximum atomic E-state index is 13.0. The predicted molar refractivity (Wildman–Crippen MR) is 161 cm³/mol. The fourth-order valence-corrected chi connectivity index (χ4v) is 5.29. The van der Waals surface area contributed by atoms with Gasteiger partial charge in [0.05, 0.1) is 12.2 Å². The molecule has 9 nitrogen and oxygen atoms in total. The molecule has 0 saturated carbocycles. The summed E-state index contributed by atoms with van der Waals surface area (Å²) in [7, 11) is 1.76. The highest BCUT2D eigenvalue weighted by Crippen LogP contribution is 2.24. The minimum Gasteiger partial charge on any atom is -0.691 e. The van der Waals surface area contributed by atoms with Crippen molar-refractivity contribution in [3.63, 3.8) is 0 Å². The van der Waals surface area contributed by atoms with Crippen LogP contribution in [-0.4, -0.2) is 62.3 Å². The van der Waals surface area contributed by atoms with Gasteiger partial charge in [0.2, 0.25) is 11.0 Å². The number of ether oxygens (including phenoxy) is 2. The zero-order chi connectivity index (χ0) is 28.4. The fraction of sp³-hybridized carbons (Fsp3) is 0.406. The van der Waals surface area contributed by atoms with Crippen molar-refractivity contribution in [3.05, 3.63) is 83.6 Å². The van der Waals surface area contributed by atoms with Crippen molar-refractivity contribution in [2.24, 2.45) is 0 Å². The zero-order valence-electron chi connectivity index (χ0n) is 23.8. The number of hydrogen-bond donors (Lipinski definition) is 0. The molecule has 9 heteroatoms. The van der Waals surface area contributed by atoms with Crippen LogP contribution in [0.2, 0.25) is 0 Å². The molecule has 0 aliphatic carbocycles. The van der Waals surface area contributed by atoms with E-state index in [1.54, 1.807) is 43.5 Å². The summed E-state index contributed by atoms with van der Waals surface area (Å²) in [6.45, 7) is 5.22. The van der Waals surface area contributed by atoms with Gasteiger partial charge in [0, 0.05) is 51.3 Å². The summed E-state index contributed by atoms with van der Waals surface area (Å²) in [6.07, 6.45) is 7.21. The topological polar surface area (TPSA) is 86.8 Å². The fourth-order valence-electron chi connectivity index (χ4n) is 5.29. The van der Waals surface area contributed by atoms with Crippen LogP contribution < -0.4 is 19.4 Å². The third-order valence-corrected chi connectivity index (χ3v) is 7.65. The molecular weight excluding hydrogens is 518 g/mol. The second kappa shape index (κ2) is 14.0. The number of carbonyl (C=O) groups excluding carboxylic acids is 1. The Morgan fingerprint density at radius 2 is 1.34 bits per heavy atom. The van der Waals surface area contributed by atoms with E-state index in [2.05, 4.69) is 39.3 Å². The lowest BCUT2D eigenvalue weighted by Gasteiger charge is -2.37. The lowest BCUT2D eigenvalue weighted by atomic mass is 10.1.